The second-order valence-corrected chi connectivity index (χ2v) is 6.02. The molecular formula is C19H22N4O3. The molecular weight excluding hydrogens is 332 g/mol. The third-order valence-electron chi connectivity index (χ3n) is 3.87. The normalized spacial score (nSPS) is 12.0. The van der Waals surface area contributed by atoms with Crippen molar-refractivity contribution in [3.05, 3.63) is 48.5 Å². The predicted molar refractivity (Wildman–Crippen MR) is 102 cm³/mol. The van der Waals surface area contributed by atoms with Crippen LogP contribution in [0, 0.1) is 0 Å². The first kappa shape index (κ1) is 17.8. The zero-order valence-electron chi connectivity index (χ0n) is 14.8. The van der Waals surface area contributed by atoms with Gasteiger partial charge in [-0.05, 0) is 31.2 Å². The van der Waals surface area contributed by atoms with Crippen LogP contribution in [0.15, 0.2) is 48.5 Å². The number of imidazole rings is 1. The minimum absolute atomic E-state index is 0.0971. The Morgan fingerprint density at radius 3 is 2.85 bits per heavy atom. The summed E-state index contributed by atoms with van der Waals surface area (Å²) in [6.07, 6.45) is -0.520. The van der Waals surface area contributed by atoms with Crippen LogP contribution in [0.5, 0.6) is 5.75 Å². The van der Waals surface area contributed by atoms with Gasteiger partial charge in [-0.2, -0.15) is 0 Å². The van der Waals surface area contributed by atoms with E-state index in [2.05, 4.69) is 15.6 Å². The van der Waals surface area contributed by atoms with Gasteiger partial charge in [-0.15, -0.1) is 0 Å². The number of methoxy groups -OCH3 is 1. The largest absolute Gasteiger partial charge is 0.497 e. The van der Waals surface area contributed by atoms with E-state index in [1.807, 2.05) is 36.4 Å². The molecule has 0 radical (unpaired) electrons. The molecule has 0 unspecified atom stereocenters. The van der Waals surface area contributed by atoms with E-state index < -0.39 is 6.10 Å². The van der Waals surface area contributed by atoms with Crippen LogP contribution in [0.25, 0.3) is 11.0 Å². The van der Waals surface area contributed by atoms with Gasteiger partial charge in [0, 0.05) is 18.3 Å². The number of hydrogen-bond donors (Lipinski definition) is 3. The molecule has 3 N–H and O–H groups in total. The number of aromatic nitrogens is 2. The molecule has 1 heterocycles. The van der Waals surface area contributed by atoms with Crippen molar-refractivity contribution in [3.63, 3.8) is 0 Å². The number of carbonyl (C=O) groups is 1. The summed E-state index contributed by atoms with van der Waals surface area (Å²) < 4.78 is 6.97. The summed E-state index contributed by atoms with van der Waals surface area (Å²) in [5.74, 6) is 1.05. The molecule has 0 aliphatic carbocycles. The summed E-state index contributed by atoms with van der Waals surface area (Å²) in [6.45, 7) is 2.14. The molecule has 1 atom stereocenters. The molecule has 1 amide bonds. The molecule has 0 saturated heterocycles. The first-order valence-electron chi connectivity index (χ1n) is 8.38. The lowest BCUT2D eigenvalue weighted by atomic mass is 10.3. The van der Waals surface area contributed by atoms with Crippen LogP contribution in [-0.2, 0) is 11.3 Å². The lowest BCUT2D eigenvalue weighted by molar-refractivity contribution is -0.116. The molecule has 136 valence electrons. The number of anilines is 2. The van der Waals surface area contributed by atoms with E-state index in [0.29, 0.717) is 23.9 Å². The number of fused-ring (bicyclic) bond motifs is 1. The SMILES string of the molecule is COc1cccc(NC(=O)Cn2c(NC[C@H](C)O)nc3ccccc32)c1. The van der Waals surface area contributed by atoms with E-state index in [0.717, 1.165) is 11.0 Å². The highest BCUT2D eigenvalue weighted by Gasteiger charge is 2.14. The molecule has 0 saturated carbocycles. The second-order valence-electron chi connectivity index (χ2n) is 6.02. The average molecular weight is 354 g/mol. The molecule has 0 aliphatic heterocycles. The summed E-state index contributed by atoms with van der Waals surface area (Å²) in [5.41, 5.74) is 2.30. The molecule has 0 bridgehead atoms. The van der Waals surface area contributed by atoms with Crippen molar-refractivity contribution in [1.29, 1.82) is 0 Å². The van der Waals surface area contributed by atoms with Gasteiger partial charge < -0.3 is 25.0 Å². The van der Waals surface area contributed by atoms with Crippen LogP contribution in [0.1, 0.15) is 6.92 Å². The van der Waals surface area contributed by atoms with E-state index in [9.17, 15) is 9.90 Å². The summed E-state index contributed by atoms with van der Waals surface area (Å²) in [5, 5.41) is 15.5. The topological polar surface area (TPSA) is 88.4 Å². The molecule has 7 heteroatoms. The number of benzene rings is 2. The highest BCUT2D eigenvalue weighted by Crippen LogP contribution is 2.21. The number of aliphatic hydroxyl groups excluding tert-OH is 1. The Morgan fingerprint density at radius 2 is 2.08 bits per heavy atom. The molecule has 0 fully saturated rings. The summed E-state index contributed by atoms with van der Waals surface area (Å²) in [6, 6.07) is 14.8. The lowest BCUT2D eigenvalue weighted by Crippen LogP contribution is -2.22. The second kappa shape index (κ2) is 7.88. The van der Waals surface area contributed by atoms with Crippen molar-refractivity contribution in [2.45, 2.75) is 19.6 Å². The number of carbonyl (C=O) groups excluding carboxylic acids is 1. The van der Waals surface area contributed by atoms with Crippen molar-refractivity contribution in [1.82, 2.24) is 9.55 Å². The van der Waals surface area contributed by atoms with Gasteiger partial charge in [-0.3, -0.25) is 4.79 Å². The number of nitrogens with one attached hydrogen (secondary N) is 2. The number of aliphatic hydroxyl groups is 1. The lowest BCUT2D eigenvalue weighted by Gasteiger charge is -2.12. The smallest absolute Gasteiger partial charge is 0.244 e. The summed E-state index contributed by atoms with van der Waals surface area (Å²) >= 11 is 0. The highest BCUT2D eigenvalue weighted by molar-refractivity contribution is 5.92. The zero-order chi connectivity index (χ0) is 18.5. The van der Waals surface area contributed by atoms with Crippen LogP contribution in [0.3, 0.4) is 0 Å². The Balaban J connectivity index is 1.81. The standard InChI is InChI=1S/C19H22N4O3/c1-13(24)11-20-19-22-16-8-3-4-9-17(16)23(19)12-18(25)21-14-6-5-7-15(10-14)26-2/h3-10,13,24H,11-12H2,1-2H3,(H,20,22)(H,21,25)/t13-/m0/s1. The Bertz CT molecular complexity index is 905. The Kier molecular flexibility index (Phi) is 5.38. The fourth-order valence-electron chi connectivity index (χ4n) is 2.65. The number of hydrogen-bond acceptors (Lipinski definition) is 5. The van der Waals surface area contributed by atoms with Gasteiger partial charge in [-0.25, -0.2) is 4.98 Å². The molecule has 0 aliphatic rings. The quantitative estimate of drug-likeness (QED) is 0.607. The third-order valence-corrected chi connectivity index (χ3v) is 3.87. The molecule has 26 heavy (non-hydrogen) atoms. The van der Waals surface area contributed by atoms with Crippen LogP contribution in [-0.4, -0.2) is 40.3 Å². The molecule has 7 nitrogen and oxygen atoms in total. The first-order chi connectivity index (χ1) is 12.6. The molecule has 0 spiro atoms. The molecule has 3 rings (SSSR count). The van der Waals surface area contributed by atoms with Gasteiger partial charge in [0.05, 0.1) is 24.2 Å². The fraction of sp³-hybridized carbons (Fsp3) is 0.263. The Morgan fingerprint density at radius 1 is 1.27 bits per heavy atom. The summed E-state index contributed by atoms with van der Waals surface area (Å²) in [4.78, 5) is 17.0. The first-order valence-corrected chi connectivity index (χ1v) is 8.38. The van der Waals surface area contributed by atoms with E-state index in [-0.39, 0.29) is 12.5 Å². The van der Waals surface area contributed by atoms with Gasteiger partial charge >= 0.3 is 0 Å². The number of nitrogens with zero attached hydrogens (tertiary/aromatic N) is 2. The average Bonchev–Trinajstić information content (AvgIpc) is 2.97. The molecule has 1 aromatic heterocycles. The van der Waals surface area contributed by atoms with Crippen molar-refractivity contribution in [2.75, 3.05) is 24.3 Å². The van der Waals surface area contributed by atoms with Crippen LogP contribution in [0.2, 0.25) is 0 Å². The maximum Gasteiger partial charge on any atom is 0.244 e. The van der Waals surface area contributed by atoms with E-state index in [1.165, 1.54) is 0 Å². The monoisotopic (exact) mass is 354 g/mol. The van der Waals surface area contributed by atoms with Crippen molar-refractivity contribution >= 4 is 28.6 Å². The minimum atomic E-state index is -0.520. The van der Waals surface area contributed by atoms with Gasteiger partial charge in [-0.1, -0.05) is 18.2 Å². The van der Waals surface area contributed by atoms with Gasteiger partial charge in [0.25, 0.3) is 0 Å². The van der Waals surface area contributed by atoms with E-state index in [4.69, 9.17) is 4.74 Å². The Labute approximate surface area is 151 Å². The van der Waals surface area contributed by atoms with Crippen LogP contribution in [0.4, 0.5) is 11.6 Å². The number of rotatable bonds is 7. The van der Waals surface area contributed by atoms with Crippen molar-refractivity contribution in [2.24, 2.45) is 0 Å². The van der Waals surface area contributed by atoms with Crippen LogP contribution >= 0.6 is 0 Å². The van der Waals surface area contributed by atoms with Gasteiger partial charge in [0.2, 0.25) is 11.9 Å². The van der Waals surface area contributed by atoms with E-state index in [1.54, 1.807) is 30.7 Å². The summed E-state index contributed by atoms with van der Waals surface area (Å²) in [7, 11) is 1.58. The van der Waals surface area contributed by atoms with Gasteiger partial charge in [0.1, 0.15) is 12.3 Å². The zero-order valence-corrected chi connectivity index (χ0v) is 14.8. The minimum Gasteiger partial charge on any atom is -0.497 e. The van der Waals surface area contributed by atoms with Crippen molar-refractivity contribution in [3.8, 4) is 5.75 Å². The fourth-order valence-corrected chi connectivity index (χ4v) is 2.65. The van der Waals surface area contributed by atoms with Crippen molar-refractivity contribution < 1.29 is 14.6 Å². The number of ether oxygens (including phenoxy) is 1. The maximum atomic E-state index is 12.5. The predicted octanol–water partition coefficient (Wildman–Crippen LogP) is 2.48. The third kappa shape index (κ3) is 4.12. The number of para-hydroxylation sites is 2. The maximum absolute atomic E-state index is 12.5. The van der Waals surface area contributed by atoms with Gasteiger partial charge in [0.15, 0.2) is 0 Å². The molecule has 3 aromatic rings. The van der Waals surface area contributed by atoms with Crippen LogP contribution < -0.4 is 15.4 Å². The Hall–Kier alpha value is -3.06. The number of amides is 1. The molecule has 2 aromatic carbocycles. The van der Waals surface area contributed by atoms with E-state index >= 15 is 0 Å². The highest BCUT2D eigenvalue weighted by atomic mass is 16.5.